The number of nitrogens with zero attached hydrogens (tertiary/aromatic N) is 1. The summed E-state index contributed by atoms with van der Waals surface area (Å²) in [5.41, 5.74) is 5.95. The van der Waals surface area contributed by atoms with Gasteiger partial charge in [-0.1, -0.05) is 0 Å². The lowest BCUT2D eigenvalue weighted by Crippen LogP contribution is -2.13. The summed E-state index contributed by atoms with van der Waals surface area (Å²) in [6.45, 7) is 1.91. The first-order valence-corrected chi connectivity index (χ1v) is 4.56. The van der Waals surface area contributed by atoms with Crippen LogP contribution in [0.3, 0.4) is 0 Å². The van der Waals surface area contributed by atoms with Gasteiger partial charge in [0.15, 0.2) is 0 Å². The number of aromatic nitrogens is 2. The topological polar surface area (TPSA) is 67.8 Å². The van der Waals surface area contributed by atoms with Crippen LogP contribution in [0.25, 0.3) is 0 Å². The van der Waals surface area contributed by atoms with Crippen LogP contribution in [0.1, 0.15) is 23.4 Å². The Morgan fingerprint density at radius 2 is 2.43 bits per heavy atom. The Morgan fingerprint density at radius 1 is 1.57 bits per heavy atom. The summed E-state index contributed by atoms with van der Waals surface area (Å²) in [5.74, 6) is 2.57. The monoisotopic (exact) mass is 191 g/mol. The largest absolute Gasteiger partial charge is 0.465 e. The summed E-state index contributed by atoms with van der Waals surface area (Å²) in [4.78, 5) is 7.12. The maximum absolute atomic E-state index is 5.95. The van der Waals surface area contributed by atoms with Crippen LogP contribution < -0.4 is 5.73 Å². The lowest BCUT2D eigenvalue weighted by Gasteiger charge is -2.05. The molecule has 74 valence electrons. The Kier molecular flexibility index (Phi) is 2.37. The quantitative estimate of drug-likeness (QED) is 0.773. The normalized spacial score (nSPS) is 13.0. The van der Waals surface area contributed by atoms with Crippen LogP contribution in [0.5, 0.6) is 0 Å². The Bertz CT molecular complexity index is 391. The number of aryl methyl sites for hydroxylation is 1. The van der Waals surface area contributed by atoms with Crippen LogP contribution in [0.4, 0.5) is 0 Å². The standard InChI is InChI=1S/C10H13N3O/c1-7-2-3-9(14-7)8(11)6-10-12-4-5-13-10/h2-5,8H,6,11H2,1H3,(H,12,13). The van der Waals surface area contributed by atoms with Crippen molar-refractivity contribution >= 4 is 0 Å². The third-order valence-electron chi connectivity index (χ3n) is 2.09. The number of rotatable bonds is 3. The Morgan fingerprint density at radius 3 is 3.00 bits per heavy atom. The van der Waals surface area contributed by atoms with Crippen molar-refractivity contribution in [2.24, 2.45) is 5.73 Å². The van der Waals surface area contributed by atoms with Gasteiger partial charge in [-0.2, -0.15) is 0 Å². The highest BCUT2D eigenvalue weighted by Crippen LogP contribution is 2.16. The second-order valence-corrected chi connectivity index (χ2v) is 3.29. The van der Waals surface area contributed by atoms with Crippen molar-refractivity contribution in [2.75, 3.05) is 0 Å². The summed E-state index contributed by atoms with van der Waals surface area (Å²) in [7, 11) is 0. The predicted octanol–water partition coefficient (Wildman–Crippen LogP) is 1.55. The molecule has 0 bridgehead atoms. The number of hydrogen-bond acceptors (Lipinski definition) is 3. The zero-order valence-corrected chi connectivity index (χ0v) is 8.03. The van der Waals surface area contributed by atoms with Crippen molar-refractivity contribution in [2.45, 2.75) is 19.4 Å². The number of furan rings is 1. The molecule has 2 aromatic heterocycles. The first kappa shape index (κ1) is 9.02. The first-order valence-electron chi connectivity index (χ1n) is 4.56. The molecule has 1 atom stereocenters. The summed E-state index contributed by atoms with van der Waals surface area (Å²) < 4.78 is 5.43. The van der Waals surface area contributed by atoms with E-state index in [1.165, 1.54) is 0 Å². The van der Waals surface area contributed by atoms with E-state index < -0.39 is 0 Å². The van der Waals surface area contributed by atoms with Crippen molar-refractivity contribution < 1.29 is 4.42 Å². The third kappa shape index (κ3) is 1.85. The van der Waals surface area contributed by atoms with E-state index in [0.29, 0.717) is 6.42 Å². The molecule has 0 fully saturated rings. The van der Waals surface area contributed by atoms with E-state index in [-0.39, 0.29) is 6.04 Å². The number of H-pyrrole nitrogens is 1. The molecule has 0 aliphatic heterocycles. The van der Waals surface area contributed by atoms with E-state index in [9.17, 15) is 0 Å². The highest BCUT2D eigenvalue weighted by Gasteiger charge is 2.11. The summed E-state index contributed by atoms with van der Waals surface area (Å²) in [5, 5.41) is 0. The third-order valence-corrected chi connectivity index (χ3v) is 2.09. The molecule has 0 aromatic carbocycles. The zero-order chi connectivity index (χ0) is 9.97. The first-order chi connectivity index (χ1) is 6.75. The number of hydrogen-bond donors (Lipinski definition) is 2. The Labute approximate surface area is 82.1 Å². The van der Waals surface area contributed by atoms with Crippen molar-refractivity contribution in [1.82, 2.24) is 9.97 Å². The lowest BCUT2D eigenvalue weighted by molar-refractivity contribution is 0.442. The Hall–Kier alpha value is -1.55. The fourth-order valence-electron chi connectivity index (χ4n) is 1.37. The van der Waals surface area contributed by atoms with E-state index in [1.54, 1.807) is 12.4 Å². The molecule has 0 spiro atoms. The summed E-state index contributed by atoms with van der Waals surface area (Å²) >= 11 is 0. The van der Waals surface area contributed by atoms with E-state index in [2.05, 4.69) is 9.97 Å². The van der Waals surface area contributed by atoms with E-state index >= 15 is 0 Å². The van der Waals surface area contributed by atoms with Gasteiger partial charge in [-0.05, 0) is 19.1 Å². The minimum absolute atomic E-state index is 0.130. The van der Waals surface area contributed by atoms with Crippen LogP contribution in [0, 0.1) is 6.92 Å². The molecular formula is C10H13N3O. The van der Waals surface area contributed by atoms with Crippen molar-refractivity contribution in [3.63, 3.8) is 0 Å². The second-order valence-electron chi connectivity index (χ2n) is 3.29. The van der Waals surface area contributed by atoms with Crippen molar-refractivity contribution in [1.29, 1.82) is 0 Å². The molecule has 1 unspecified atom stereocenters. The fourth-order valence-corrected chi connectivity index (χ4v) is 1.37. The second kappa shape index (κ2) is 3.67. The molecule has 0 radical (unpaired) electrons. The maximum atomic E-state index is 5.95. The number of imidazole rings is 1. The highest BCUT2D eigenvalue weighted by molar-refractivity contribution is 5.10. The van der Waals surface area contributed by atoms with Crippen LogP contribution in [0.15, 0.2) is 28.9 Å². The van der Waals surface area contributed by atoms with Crippen LogP contribution >= 0.6 is 0 Å². The van der Waals surface area contributed by atoms with Gasteiger partial charge in [-0.3, -0.25) is 0 Å². The van der Waals surface area contributed by atoms with E-state index in [0.717, 1.165) is 17.3 Å². The van der Waals surface area contributed by atoms with Gasteiger partial charge in [-0.15, -0.1) is 0 Å². The molecule has 0 saturated carbocycles. The summed E-state index contributed by atoms with van der Waals surface area (Å²) in [6, 6.07) is 3.69. The fraction of sp³-hybridized carbons (Fsp3) is 0.300. The number of nitrogens with two attached hydrogens (primary N) is 1. The SMILES string of the molecule is Cc1ccc(C(N)Cc2ncc[nH]2)o1. The minimum atomic E-state index is -0.130. The molecule has 4 heteroatoms. The number of nitrogens with one attached hydrogen (secondary N) is 1. The number of aromatic amines is 1. The smallest absolute Gasteiger partial charge is 0.121 e. The van der Waals surface area contributed by atoms with Crippen LogP contribution in [-0.2, 0) is 6.42 Å². The molecule has 14 heavy (non-hydrogen) atoms. The molecule has 2 rings (SSSR count). The summed E-state index contributed by atoms with van der Waals surface area (Å²) in [6.07, 6.45) is 4.17. The average Bonchev–Trinajstić information content (AvgIpc) is 2.75. The van der Waals surface area contributed by atoms with E-state index in [4.69, 9.17) is 10.2 Å². The van der Waals surface area contributed by atoms with Gasteiger partial charge in [0.2, 0.25) is 0 Å². The molecule has 4 nitrogen and oxygen atoms in total. The van der Waals surface area contributed by atoms with Gasteiger partial charge in [0.1, 0.15) is 17.3 Å². The van der Waals surface area contributed by atoms with Crippen LogP contribution in [-0.4, -0.2) is 9.97 Å². The van der Waals surface area contributed by atoms with Gasteiger partial charge in [0.25, 0.3) is 0 Å². The highest BCUT2D eigenvalue weighted by atomic mass is 16.3. The van der Waals surface area contributed by atoms with Gasteiger partial charge in [0, 0.05) is 18.8 Å². The molecule has 3 N–H and O–H groups in total. The van der Waals surface area contributed by atoms with Gasteiger partial charge in [-0.25, -0.2) is 4.98 Å². The Balaban J connectivity index is 2.06. The molecule has 0 amide bonds. The van der Waals surface area contributed by atoms with Crippen molar-refractivity contribution in [3.8, 4) is 0 Å². The lowest BCUT2D eigenvalue weighted by atomic mass is 10.1. The maximum Gasteiger partial charge on any atom is 0.121 e. The van der Waals surface area contributed by atoms with Gasteiger partial charge < -0.3 is 15.1 Å². The van der Waals surface area contributed by atoms with E-state index in [1.807, 2.05) is 19.1 Å². The van der Waals surface area contributed by atoms with Crippen molar-refractivity contribution in [3.05, 3.63) is 41.9 Å². The van der Waals surface area contributed by atoms with Gasteiger partial charge >= 0.3 is 0 Å². The molecule has 0 aliphatic rings. The minimum Gasteiger partial charge on any atom is -0.465 e. The predicted molar refractivity (Wildman–Crippen MR) is 52.7 cm³/mol. The molecule has 0 aliphatic carbocycles. The molecular weight excluding hydrogens is 178 g/mol. The molecule has 0 saturated heterocycles. The van der Waals surface area contributed by atoms with Crippen LogP contribution in [0.2, 0.25) is 0 Å². The zero-order valence-electron chi connectivity index (χ0n) is 8.03. The average molecular weight is 191 g/mol. The molecule has 2 heterocycles. The van der Waals surface area contributed by atoms with Gasteiger partial charge in [0.05, 0.1) is 6.04 Å². The molecule has 2 aromatic rings.